The van der Waals surface area contributed by atoms with Crippen molar-refractivity contribution in [1.82, 2.24) is 9.88 Å². The lowest BCUT2D eigenvalue weighted by Crippen LogP contribution is -2.36. The molecule has 0 atom stereocenters. The van der Waals surface area contributed by atoms with Gasteiger partial charge in [-0.1, -0.05) is 34.5 Å². The normalized spacial score (nSPS) is 10.8. The number of carbonyl (C=O) groups excluding carboxylic acids is 1. The average molecular weight is 475 g/mol. The zero-order chi connectivity index (χ0) is 20.3. The Morgan fingerprint density at radius 2 is 1.90 bits per heavy atom. The standard InChI is InChI=1S/C20H21Cl2N3O2S.ClH/c1-4-27-14-6-8-17-18(12-14)28-20(23-17)25(10-9-24(2)3)19(26)15-11-13(21)5-7-16(15)22;/h5-8,11-12H,4,9-10H2,1-3H3;1H. The predicted octanol–water partition coefficient (Wildman–Crippen LogP) is 5.63. The molecule has 0 N–H and O–H groups in total. The summed E-state index contributed by atoms with van der Waals surface area (Å²) in [5, 5.41) is 1.45. The molecule has 2 aromatic carbocycles. The van der Waals surface area contributed by atoms with Crippen molar-refractivity contribution in [2.45, 2.75) is 6.92 Å². The topological polar surface area (TPSA) is 45.7 Å². The molecule has 1 heterocycles. The molecule has 9 heteroatoms. The zero-order valence-electron chi connectivity index (χ0n) is 16.3. The SMILES string of the molecule is CCOc1ccc2nc(N(CCN(C)C)C(=O)c3cc(Cl)ccc3Cl)sc2c1.Cl. The first-order valence-corrected chi connectivity index (χ1v) is 10.4. The molecule has 156 valence electrons. The van der Waals surface area contributed by atoms with E-state index in [1.165, 1.54) is 11.3 Å². The van der Waals surface area contributed by atoms with Gasteiger partial charge in [-0.25, -0.2) is 4.98 Å². The van der Waals surface area contributed by atoms with Crippen LogP contribution in [0.4, 0.5) is 5.13 Å². The van der Waals surface area contributed by atoms with Gasteiger partial charge in [0.1, 0.15) is 5.75 Å². The molecule has 0 saturated carbocycles. The van der Waals surface area contributed by atoms with E-state index >= 15 is 0 Å². The second kappa shape index (κ2) is 10.5. The number of fused-ring (bicyclic) bond motifs is 1. The Balaban J connectivity index is 0.00000300. The van der Waals surface area contributed by atoms with Crippen molar-refractivity contribution < 1.29 is 9.53 Å². The molecule has 3 rings (SSSR count). The van der Waals surface area contributed by atoms with E-state index in [-0.39, 0.29) is 18.3 Å². The minimum absolute atomic E-state index is 0. The Hall–Kier alpha value is -1.57. The quantitative estimate of drug-likeness (QED) is 0.445. The number of benzene rings is 2. The fraction of sp³-hybridized carbons (Fsp3) is 0.300. The summed E-state index contributed by atoms with van der Waals surface area (Å²) in [7, 11) is 3.92. The molecule has 3 aromatic rings. The number of halogens is 3. The summed E-state index contributed by atoms with van der Waals surface area (Å²) in [6.45, 7) is 3.70. The van der Waals surface area contributed by atoms with Gasteiger partial charge < -0.3 is 9.64 Å². The van der Waals surface area contributed by atoms with Crippen molar-refractivity contribution in [3.05, 3.63) is 52.0 Å². The van der Waals surface area contributed by atoms with E-state index < -0.39 is 0 Å². The molecule has 1 amide bonds. The number of likely N-dealkylation sites (N-methyl/N-ethyl adjacent to an activating group) is 1. The Bertz CT molecular complexity index is 994. The van der Waals surface area contributed by atoms with E-state index in [1.54, 1.807) is 23.1 Å². The van der Waals surface area contributed by atoms with E-state index in [0.29, 0.717) is 40.4 Å². The van der Waals surface area contributed by atoms with Gasteiger partial charge in [-0.3, -0.25) is 9.69 Å². The fourth-order valence-electron chi connectivity index (χ4n) is 2.66. The first kappa shape index (κ1) is 23.7. The van der Waals surface area contributed by atoms with Crippen LogP contribution in [0.15, 0.2) is 36.4 Å². The van der Waals surface area contributed by atoms with Gasteiger partial charge in [0.15, 0.2) is 5.13 Å². The molecule has 0 radical (unpaired) electrons. The lowest BCUT2D eigenvalue weighted by molar-refractivity contribution is 0.0985. The second-order valence-corrected chi connectivity index (χ2v) is 8.30. The molecule has 1 aromatic heterocycles. The Morgan fingerprint density at radius 1 is 1.14 bits per heavy atom. The Labute approximate surface area is 190 Å². The first-order valence-electron chi connectivity index (χ1n) is 8.84. The Morgan fingerprint density at radius 3 is 2.59 bits per heavy atom. The number of aromatic nitrogens is 1. The molecular formula is C20H22Cl3N3O2S. The average Bonchev–Trinajstić information content (AvgIpc) is 3.06. The van der Waals surface area contributed by atoms with Gasteiger partial charge in [0, 0.05) is 18.1 Å². The van der Waals surface area contributed by atoms with E-state index in [1.807, 2.05) is 44.1 Å². The maximum Gasteiger partial charge on any atom is 0.261 e. The summed E-state index contributed by atoms with van der Waals surface area (Å²) in [5.41, 5.74) is 1.19. The van der Waals surface area contributed by atoms with Crippen LogP contribution in [0.1, 0.15) is 17.3 Å². The zero-order valence-corrected chi connectivity index (χ0v) is 19.5. The lowest BCUT2D eigenvalue weighted by atomic mass is 10.2. The summed E-state index contributed by atoms with van der Waals surface area (Å²) in [6.07, 6.45) is 0. The highest BCUT2D eigenvalue weighted by atomic mass is 35.5. The van der Waals surface area contributed by atoms with Crippen LogP contribution in [0.25, 0.3) is 10.2 Å². The third-order valence-electron chi connectivity index (χ3n) is 4.07. The summed E-state index contributed by atoms with van der Waals surface area (Å²) in [4.78, 5) is 21.6. The van der Waals surface area contributed by atoms with Crippen molar-refractivity contribution in [1.29, 1.82) is 0 Å². The maximum absolute atomic E-state index is 13.3. The molecule has 0 bridgehead atoms. The molecule has 0 saturated heterocycles. The van der Waals surface area contributed by atoms with Crippen LogP contribution in [0.3, 0.4) is 0 Å². The second-order valence-electron chi connectivity index (χ2n) is 6.44. The summed E-state index contributed by atoms with van der Waals surface area (Å²) in [5.74, 6) is 0.563. The van der Waals surface area contributed by atoms with Crippen molar-refractivity contribution in [3.8, 4) is 5.75 Å². The van der Waals surface area contributed by atoms with Gasteiger partial charge in [0.2, 0.25) is 0 Å². The van der Waals surface area contributed by atoms with Crippen LogP contribution < -0.4 is 9.64 Å². The van der Waals surface area contributed by atoms with Crippen LogP contribution >= 0.6 is 46.9 Å². The number of carbonyl (C=O) groups is 1. The number of amides is 1. The van der Waals surface area contributed by atoms with Gasteiger partial charge in [-0.15, -0.1) is 12.4 Å². The minimum atomic E-state index is -0.224. The van der Waals surface area contributed by atoms with Crippen LogP contribution in [-0.4, -0.2) is 49.6 Å². The molecule has 5 nitrogen and oxygen atoms in total. The highest BCUT2D eigenvalue weighted by Crippen LogP contribution is 2.33. The van der Waals surface area contributed by atoms with Crippen molar-refractivity contribution >= 4 is 68.2 Å². The first-order chi connectivity index (χ1) is 13.4. The van der Waals surface area contributed by atoms with Gasteiger partial charge in [-0.05, 0) is 57.4 Å². The fourth-order valence-corrected chi connectivity index (χ4v) is 4.04. The third kappa shape index (κ3) is 5.74. The van der Waals surface area contributed by atoms with Gasteiger partial charge in [0.25, 0.3) is 5.91 Å². The van der Waals surface area contributed by atoms with Gasteiger partial charge >= 0.3 is 0 Å². The molecular weight excluding hydrogens is 453 g/mol. The summed E-state index contributed by atoms with van der Waals surface area (Å²) < 4.78 is 6.53. The molecule has 0 fully saturated rings. The molecule has 0 aliphatic carbocycles. The summed E-state index contributed by atoms with van der Waals surface area (Å²) >= 11 is 13.8. The number of ether oxygens (including phenoxy) is 1. The highest BCUT2D eigenvalue weighted by Gasteiger charge is 2.23. The number of nitrogens with zero attached hydrogens (tertiary/aromatic N) is 3. The van der Waals surface area contributed by atoms with Crippen molar-refractivity contribution in [2.75, 3.05) is 38.7 Å². The monoisotopic (exact) mass is 473 g/mol. The molecule has 0 unspecified atom stereocenters. The van der Waals surface area contributed by atoms with Gasteiger partial charge in [0.05, 0.1) is 27.4 Å². The molecule has 0 aliphatic heterocycles. The predicted molar refractivity (Wildman–Crippen MR) is 125 cm³/mol. The van der Waals surface area contributed by atoms with Crippen molar-refractivity contribution in [3.63, 3.8) is 0 Å². The van der Waals surface area contributed by atoms with Gasteiger partial charge in [-0.2, -0.15) is 0 Å². The molecule has 0 spiro atoms. The van der Waals surface area contributed by atoms with Crippen LogP contribution in [0, 0.1) is 0 Å². The van der Waals surface area contributed by atoms with E-state index in [4.69, 9.17) is 27.9 Å². The third-order valence-corrected chi connectivity index (χ3v) is 5.67. The largest absolute Gasteiger partial charge is 0.494 e. The van der Waals surface area contributed by atoms with E-state index in [0.717, 1.165) is 16.0 Å². The minimum Gasteiger partial charge on any atom is -0.494 e. The lowest BCUT2D eigenvalue weighted by Gasteiger charge is -2.22. The smallest absolute Gasteiger partial charge is 0.261 e. The van der Waals surface area contributed by atoms with E-state index in [9.17, 15) is 4.79 Å². The number of rotatable bonds is 7. The van der Waals surface area contributed by atoms with Crippen LogP contribution in [0.5, 0.6) is 5.75 Å². The molecule has 29 heavy (non-hydrogen) atoms. The number of hydrogen-bond acceptors (Lipinski definition) is 5. The maximum atomic E-state index is 13.3. The molecule has 0 aliphatic rings. The number of hydrogen-bond donors (Lipinski definition) is 0. The highest BCUT2D eigenvalue weighted by molar-refractivity contribution is 7.22. The van der Waals surface area contributed by atoms with E-state index in [2.05, 4.69) is 4.98 Å². The van der Waals surface area contributed by atoms with Crippen LogP contribution in [-0.2, 0) is 0 Å². The number of thiazole rings is 1. The Kier molecular flexibility index (Phi) is 8.55. The van der Waals surface area contributed by atoms with Crippen LogP contribution in [0.2, 0.25) is 10.0 Å². The van der Waals surface area contributed by atoms with Crippen molar-refractivity contribution in [2.24, 2.45) is 0 Å². The summed E-state index contributed by atoms with van der Waals surface area (Å²) in [6, 6.07) is 10.6. The number of anilines is 1.